The molecule has 7 heteroatoms. The maximum Gasteiger partial charge on any atom is 0.274 e. The average molecular weight is 319 g/mol. The number of amides is 1. The molecule has 1 N–H and O–H groups in total. The predicted molar refractivity (Wildman–Crippen MR) is 87.4 cm³/mol. The lowest BCUT2D eigenvalue weighted by molar-refractivity contribution is 0.0686. The lowest BCUT2D eigenvalue weighted by Crippen LogP contribution is -2.50. The Morgan fingerprint density at radius 2 is 2.09 bits per heavy atom. The fourth-order valence-corrected chi connectivity index (χ4v) is 4.37. The van der Waals surface area contributed by atoms with Gasteiger partial charge in [0.2, 0.25) is 0 Å². The molecule has 0 spiro atoms. The molecule has 3 aliphatic rings. The van der Waals surface area contributed by atoms with Crippen LogP contribution in [0, 0.1) is 0 Å². The topological polar surface area (TPSA) is 64.6 Å². The summed E-state index contributed by atoms with van der Waals surface area (Å²) in [7, 11) is 0. The number of nitrogens with zero attached hydrogens (tertiary/aromatic N) is 4. The van der Waals surface area contributed by atoms with E-state index >= 15 is 0 Å². The fraction of sp³-hybridized carbons (Fsp3) is 0.667. The first-order chi connectivity index (χ1) is 10.7. The number of thioether (sulfide) groups is 1. The number of aromatic amines is 1. The van der Waals surface area contributed by atoms with Gasteiger partial charge in [0.05, 0.1) is 6.54 Å². The van der Waals surface area contributed by atoms with E-state index in [0.717, 1.165) is 68.4 Å². The van der Waals surface area contributed by atoms with Crippen molar-refractivity contribution in [2.75, 3.05) is 32.7 Å². The molecule has 1 aromatic heterocycles. The highest BCUT2D eigenvalue weighted by Crippen LogP contribution is 2.26. The first kappa shape index (κ1) is 14.1. The lowest BCUT2D eigenvalue weighted by Gasteiger charge is -2.35. The van der Waals surface area contributed by atoms with Crippen molar-refractivity contribution >= 4 is 22.8 Å². The van der Waals surface area contributed by atoms with Gasteiger partial charge < -0.3 is 9.80 Å². The van der Waals surface area contributed by atoms with Crippen LogP contribution in [0.3, 0.4) is 0 Å². The van der Waals surface area contributed by atoms with Crippen molar-refractivity contribution < 1.29 is 4.79 Å². The molecule has 1 fully saturated rings. The van der Waals surface area contributed by atoms with E-state index in [2.05, 4.69) is 27.0 Å². The lowest BCUT2D eigenvalue weighted by atomic mass is 10.1. The van der Waals surface area contributed by atoms with E-state index in [4.69, 9.17) is 0 Å². The van der Waals surface area contributed by atoms with Crippen LogP contribution in [0.2, 0.25) is 0 Å². The molecule has 22 heavy (non-hydrogen) atoms. The van der Waals surface area contributed by atoms with E-state index in [1.165, 1.54) is 0 Å². The number of amidine groups is 1. The second-order valence-electron chi connectivity index (χ2n) is 6.21. The highest BCUT2D eigenvalue weighted by molar-refractivity contribution is 8.14. The second-order valence-corrected chi connectivity index (χ2v) is 7.62. The Labute approximate surface area is 134 Å². The van der Waals surface area contributed by atoms with E-state index in [0.29, 0.717) is 10.9 Å². The second kappa shape index (κ2) is 5.61. The van der Waals surface area contributed by atoms with E-state index < -0.39 is 0 Å². The smallest absolute Gasteiger partial charge is 0.274 e. The van der Waals surface area contributed by atoms with Crippen molar-refractivity contribution in [3.8, 4) is 0 Å². The largest absolute Gasteiger partial charge is 0.348 e. The number of H-pyrrole nitrogens is 1. The molecule has 1 saturated heterocycles. The van der Waals surface area contributed by atoms with E-state index in [1.807, 2.05) is 16.7 Å². The number of hydrogen-bond acceptors (Lipinski definition) is 5. The van der Waals surface area contributed by atoms with Gasteiger partial charge in [0.15, 0.2) is 10.9 Å². The minimum atomic E-state index is 0.0911. The van der Waals surface area contributed by atoms with Gasteiger partial charge in [0.1, 0.15) is 0 Å². The molecule has 6 nitrogen and oxygen atoms in total. The minimum absolute atomic E-state index is 0.0911. The van der Waals surface area contributed by atoms with Gasteiger partial charge in [-0.1, -0.05) is 18.7 Å². The van der Waals surface area contributed by atoms with Gasteiger partial charge in [0, 0.05) is 42.7 Å². The number of nitrogens with one attached hydrogen (secondary N) is 1. The van der Waals surface area contributed by atoms with Gasteiger partial charge in [-0.3, -0.25) is 14.9 Å². The van der Waals surface area contributed by atoms with Gasteiger partial charge in [-0.15, -0.1) is 0 Å². The number of aryl methyl sites for hydroxylation is 1. The third-order valence-corrected chi connectivity index (χ3v) is 5.79. The monoisotopic (exact) mass is 319 g/mol. The Bertz CT molecular complexity index is 617. The summed E-state index contributed by atoms with van der Waals surface area (Å²) in [6.45, 7) is 6.38. The Hall–Kier alpha value is -1.50. The predicted octanol–water partition coefficient (Wildman–Crippen LogP) is 1.15. The molecular weight excluding hydrogens is 298 g/mol. The number of piperazine rings is 1. The zero-order valence-electron chi connectivity index (χ0n) is 12.8. The van der Waals surface area contributed by atoms with Crippen LogP contribution in [-0.4, -0.2) is 69.0 Å². The highest BCUT2D eigenvalue weighted by Gasteiger charge is 2.30. The summed E-state index contributed by atoms with van der Waals surface area (Å²) < 4.78 is 0. The molecule has 1 unspecified atom stereocenters. The third-order valence-electron chi connectivity index (χ3n) is 4.64. The van der Waals surface area contributed by atoms with Crippen molar-refractivity contribution in [2.45, 2.75) is 31.4 Å². The Kier molecular flexibility index (Phi) is 3.60. The number of aromatic nitrogens is 2. The SMILES string of the molecule is CC1CN=C(N2CCN(C(=O)c3n[nH]c4c3CCC4)CC2)S1. The van der Waals surface area contributed by atoms with Crippen LogP contribution in [0.15, 0.2) is 4.99 Å². The van der Waals surface area contributed by atoms with Crippen molar-refractivity contribution in [2.24, 2.45) is 4.99 Å². The number of fused-ring (bicyclic) bond motifs is 1. The van der Waals surface area contributed by atoms with Crippen molar-refractivity contribution in [3.05, 3.63) is 17.0 Å². The Morgan fingerprint density at radius 1 is 1.27 bits per heavy atom. The minimum Gasteiger partial charge on any atom is -0.348 e. The van der Waals surface area contributed by atoms with Gasteiger partial charge in [0.25, 0.3) is 5.91 Å². The van der Waals surface area contributed by atoms with Crippen molar-refractivity contribution in [1.29, 1.82) is 0 Å². The van der Waals surface area contributed by atoms with Crippen LogP contribution >= 0.6 is 11.8 Å². The summed E-state index contributed by atoms with van der Waals surface area (Å²) in [5.74, 6) is 0.0911. The molecule has 1 aromatic rings. The molecule has 0 saturated carbocycles. The van der Waals surface area contributed by atoms with Crippen molar-refractivity contribution in [1.82, 2.24) is 20.0 Å². The van der Waals surface area contributed by atoms with Crippen LogP contribution in [-0.2, 0) is 12.8 Å². The van der Waals surface area contributed by atoms with Crippen LogP contribution in [0.5, 0.6) is 0 Å². The van der Waals surface area contributed by atoms with E-state index in [9.17, 15) is 4.79 Å². The third kappa shape index (κ3) is 2.41. The number of hydrogen-bond donors (Lipinski definition) is 1. The number of carbonyl (C=O) groups excluding carboxylic acids is 1. The summed E-state index contributed by atoms with van der Waals surface area (Å²) in [6, 6.07) is 0. The number of aliphatic imine (C=N–C) groups is 1. The summed E-state index contributed by atoms with van der Waals surface area (Å²) in [4.78, 5) is 21.5. The number of carbonyl (C=O) groups is 1. The molecule has 3 heterocycles. The van der Waals surface area contributed by atoms with Gasteiger partial charge in [-0.2, -0.15) is 5.10 Å². The first-order valence-electron chi connectivity index (χ1n) is 8.04. The van der Waals surface area contributed by atoms with Crippen LogP contribution in [0.1, 0.15) is 35.1 Å². The maximum absolute atomic E-state index is 12.7. The average Bonchev–Trinajstić information content (AvgIpc) is 3.23. The highest BCUT2D eigenvalue weighted by atomic mass is 32.2. The molecule has 0 radical (unpaired) electrons. The Balaban J connectivity index is 1.40. The summed E-state index contributed by atoms with van der Waals surface area (Å²) >= 11 is 1.85. The fourth-order valence-electron chi connectivity index (χ4n) is 3.38. The van der Waals surface area contributed by atoms with Gasteiger partial charge in [-0.25, -0.2) is 0 Å². The molecule has 1 atom stereocenters. The normalized spacial score (nSPS) is 24.6. The molecule has 118 valence electrons. The van der Waals surface area contributed by atoms with E-state index in [-0.39, 0.29) is 5.91 Å². The Morgan fingerprint density at radius 3 is 2.82 bits per heavy atom. The van der Waals surface area contributed by atoms with Crippen molar-refractivity contribution in [3.63, 3.8) is 0 Å². The maximum atomic E-state index is 12.7. The van der Waals surface area contributed by atoms with Crippen LogP contribution < -0.4 is 0 Å². The molecule has 2 aliphatic heterocycles. The zero-order valence-corrected chi connectivity index (χ0v) is 13.7. The molecule has 1 amide bonds. The summed E-state index contributed by atoms with van der Waals surface area (Å²) in [5, 5.41) is 9.03. The van der Waals surface area contributed by atoms with Crippen LogP contribution in [0.25, 0.3) is 0 Å². The quantitative estimate of drug-likeness (QED) is 0.843. The standard InChI is InChI=1S/C15H21N5OS/c1-10-9-16-15(22-10)20-7-5-19(6-8-20)14(21)13-11-3-2-4-12(11)17-18-13/h10H,2-9H2,1H3,(H,17,18). The molecule has 0 aromatic carbocycles. The zero-order chi connectivity index (χ0) is 15.1. The summed E-state index contributed by atoms with van der Waals surface area (Å²) in [5.41, 5.74) is 2.96. The molecule has 0 bridgehead atoms. The van der Waals surface area contributed by atoms with Crippen LogP contribution in [0.4, 0.5) is 0 Å². The molecule has 4 rings (SSSR count). The van der Waals surface area contributed by atoms with Gasteiger partial charge >= 0.3 is 0 Å². The molecule has 1 aliphatic carbocycles. The first-order valence-corrected chi connectivity index (χ1v) is 8.92. The summed E-state index contributed by atoms with van der Waals surface area (Å²) in [6.07, 6.45) is 3.14. The van der Waals surface area contributed by atoms with Gasteiger partial charge in [-0.05, 0) is 19.3 Å². The molecular formula is C15H21N5OS. The number of rotatable bonds is 1. The van der Waals surface area contributed by atoms with E-state index in [1.54, 1.807) is 0 Å².